The van der Waals surface area contributed by atoms with Crippen LogP contribution in [0.3, 0.4) is 0 Å². The van der Waals surface area contributed by atoms with Gasteiger partial charge in [-0.1, -0.05) is 18.2 Å². The van der Waals surface area contributed by atoms with E-state index in [2.05, 4.69) is 4.99 Å². The Morgan fingerprint density at radius 3 is 2.44 bits per heavy atom. The number of hydrogen-bond acceptors (Lipinski definition) is 3. The van der Waals surface area contributed by atoms with Crippen molar-refractivity contribution in [3.8, 4) is 0 Å². The molecule has 1 aromatic rings. The molecule has 0 saturated carbocycles. The van der Waals surface area contributed by atoms with Gasteiger partial charge in [0.2, 0.25) is 10.0 Å². The van der Waals surface area contributed by atoms with Crippen molar-refractivity contribution in [1.29, 1.82) is 0 Å². The van der Waals surface area contributed by atoms with Crippen molar-refractivity contribution in [2.75, 3.05) is 6.54 Å². The third-order valence-corrected chi connectivity index (χ3v) is 2.97. The molecule has 7 heteroatoms. The Kier molecular flexibility index (Phi) is 3.86. The van der Waals surface area contributed by atoms with Crippen molar-refractivity contribution in [2.24, 2.45) is 21.6 Å². The standard InChI is InChI=1S/C9H14N4O2S/c10-9(11)13-6-5-7-3-1-2-4-8(7)16(12,14)15/h1-4H,5-6H2,(H4,10,11,13)(H2,12,14,15). The minimum absolute atomic E-state index is 0.0203. The summed E-state index contributed by atoms with van der Waals surface area (Å²) < 4.78 is 22.5. The Morgan fingerprint density at radius 2 is 1.88 bits per heavy atom. The van der Waals surface area contributed by atoms with E-state index in [0.717, 1.165) is 0 Å². The number of sulfonamides is 1. The van der Waals surface area contributed by atoms with E-state index in [-0.39, 0.29) is 10.9 Å². The summed E-state index contributed by atoms with van der Waals surface area (Å²) in [5.74, 6) is -0.0203. The highest BCUT2D eigenvalue weighted by Crippen LogP contribution is 2.14. The van der Waals surface area contributed by atoms with E-state index in [0.29, 0.717) is 18.5 Å². The molecule has 0 amide bonds. The Labute approximate surface area is 94.2 Å². The first-order valence-electron chi connectivity index (χ1n) is 4.57. The summed E-state index contributed by atoms with van der Waals surface area (Å²) in [6.45, 7) is 0.328. The highest BCUT2D eigenvalue weighted by molar-refractivity contribution is 7.89. The number of guanidine groups is 1. The van der Waals surface area contributed by atoms with E-state index in [4.69, 9.17) is 16.6 Å². The third kappa shape index (κ3) is 3.52. The fraction of sp³-hybridized carbons (Fsp3) is 0.222. The molecule has 0 radical (unpaired) electrons. The molecule has 0 fully saturated rings. The van der Waals surface area contributed by atoms with Crippen LogP contribution in [0.5, 0.6) is 0 Å². The number of nitrogens with two attached hydrogens (primary N) is 3. The molecule has 0 heterocycles. The summed E-state index contributed by atoms with van der Waals surface area (Å²) in [5, 5.41) is 5.08. The van der Waals surface area contributed by atoms with Gasteiger partial charge in [0.15, 0.2) is 5.96 Å². The Morgan fingerprint density at radius 1 is 1.25 bits per heavy atom. The van der Waals surface area contributed by atoms with Crippen molar-refractivity contribution < 1.29 is 8.42 Å². The molecule has 0 aliphatic carbocycles. The van der Waals surface area contributed by atoms with Gasteiger partial charge in [-0.3, -0.25) is 4.99 Å². The molecule has 0 aliphatic heterocycles. The maximum absolute atomic E-state index is 11.2. The lowest BCUT2D eigenvalue weighted by Gasteiger charge is -2.05. The number of hydrogen-bond donors (Lipinski definition) is 3. The van der Waals surface area contributed by atoms with Gasteiger partial charge in [0.05, 0.1) is 4.90 Å². The molecule has 16 heavy (non-hydrogen) atoms. The fourth-order valence-corrected chi connectivity index (χ4v) is 2.10. The van der Waals surface area contributed by atoms with Gasteiger partial charge in [-0.25, -0.2) is 13.6 Å². The van der Waals surface area contributed by atoms with Gasteiger partial charge in [0.25, 0.3) is 0 Å². The number of primary sulfonamides is 1. The zero-order chi connectivity index (χ0) is 12.2. The predicted molar refractivity (Wildman–Crippen MR) is 62.2 cm³/mol. The summed E-state index contributed by atoms with van der Waals surface area (Å²) in [7, 11) is -3.70. The minimum Gasteiger partial charge on any atom is -0.370 e. The maximum atomic E-state index is 11.2. The van der Waals surface area contributed by atoms with Gasteiger partial charge in [-0.15, -0.1) is 0 Å². The fourth-order valence-electron chi connectivity index (χ4n) is 1.29. The lowest BCUT2D eigenvalue weighted by molar-refractivity contribution is 0.596. The summed E-state index contributed by atoms with van der Waals surface area (Å²) in [4.78, 5) is 3.89. The topological polar surface area (TPSA) is 125 Å². The van der Waals surface area contributed by atoms with Gasteiger partial charge in [-0.2, -0.15) is 0 Å². The zero-order valence-electron chi connectivity index (χ0n) is 8.63. The molecule has 6 N–H and O–H groups in total. The Bertz CT molecular complexity index is 492. The number of nitrogens with zero attached hydrogens (tertiary/aromatic N) is 1. The predicted octanol–water partition coefficient (Wildman–Crippen LogP) is -0.850. The van der Waals surface area contributed by atoms with E-state index >= 15 is 0 Å². The summed E-state index contributed by atoms with van der Waals surface area (Å²) in [6.07, 6.45) is 0.421. The lowest BCUT2D eigenvalue weighted by Crippen LogP contribution is -2.23. The molecule has 0 saturated heterocycles. The van der Waals surface area contributed by atoms with E-state index in [1.807, 2.05) is 0 Å². The highest BCUT2D eigenvalue weighted by atomic mass is 32.2. The first kappa shape index (κ1) is 12.5. The van der Waals surface area contributed by atoms with E-state index in [1.54, 1.807) is 18.2 Å². The molecule has 1 aromatic carbocycles. The summed E-state index contributed by atoms with van der Waals surface area (Å²) in [6, 6.07) is 6.49. The quantitative estimate of drug-likeness (QED) is 0.469. The van der Waals surface area contributed by atoms with Crippen LogP contribution in [0.4, 0.5) is 0 Å². The van der Waals surface area contributed by atoms with Gasteiger partial charge >= 0.3 is 0 Å². The second kappa shape index (κ2) is 4.95. The SMILES string of the molecule is NC(N)=NCCc1ccccc1S(N)(=O)=O. The van der Waals surface area contributed by atoms with Crippen LogP contribution in [0.15, 0.2) is 34.2 Å². The van der Waals surface area contributed by atoms with Crippen LogP contribution in [-0.4, -0.2) is 20.9 Å². The van der Waals surface area contributed by atoms with E-state index < -0.39 is 10.0 Å². The first-order valence-corrected chi connectivity index (χ1v) is 6.12. The van der Waals surface area contributed by atoms with E-state index in [1.165, 1.54) is 6.07 Å². The summed E-state index contributed by atoms with van der Waals surface area (Å²) in [5.41, 5.74) is 10.9. The monoisotopic (exact) mass is 242 g/mol. The van der Waals surface area contributed by atoms with Crippen LogP contribution in [0.1, 0.15) is 5.56 Å². The van der Waals surface area contributed by atoms with Crippen molar-refractivity contribution in [3.05, 3.63) is 29.8 Å². The zero-order valence-corrected chi connectivity index (χ0v) is 9.44. The first-order chi connectivity index (χ1) is 7.41. The number of aliphatic imine (C=N–C) groups is 1. The van der Waals surface area contributed by atoms with Crippen LogP contribution >= 0.6 is 0 Å². The van der Waals surface area contributed by atoms with Gasteiger partial charge in [-0.05, 0) is 18.1 Å². The number of rotatable bonds is 4. The van der Waals surface area contributed by atoms with E-state index in [9.17, 15) is 8.42 Å². The second-order valence-corrected chi connectivity index (χ2v) is 4.74. The van der Waals surface area contributed by atoms with Crippen LogP contribution in [0, 0.1) is 0 Å². The van der Waals surface area contributed by atoms with Gasteiger partial charge in [0, 0.05) is 6.54 Å². The molecule has 0 unspecified atom stereocenters. The smallest absolute Gasteiger partial charge is 0.238 e. The highest BCUT2D eigenvalue weighted by Gasteiger charge is 2.12. The molecule has 0 aromatic heterocycles. The Hall–Kier alpha value is -1.60. The molecular formula is C9H14N4O2S. The molecule has 6 nitrogen and oxygen atoms in total. The van der Waals surface area contributed by atoms with Gasteiger partial charge in [0.1, 0.15) is 0 Å². The van der Waals surface area contributed by atoms with Crippen LogP contribution in [-0.2, 0) is 16.4 Å². The Balaban J connectivity index is 2.93. The van der Waals surface area contributed by atoms with Crippen molar-refractivity contribution in [2.45, 2.75) is 11.3 Å². The molecular weight excluding hydrogens is 228 g/mol. The number of benzene rings is 1. The van der Waals surface area contributed by atoms with Crippen LogP contribution in [0.2, 0.25) is 0 Å². The largest absolute Gasteiger partial charge is 0.370 e. The average molecular weight is 242 g/mol. The second-order valence-electron chi connectivity index (χ2n) is 3.21. The van der Waals surface area contributed by atoms with Gasteiger partial charge < -0.3 is 11.5 Å². The molecule has 88 valence electrons. The van der Waals surface area contributed by atoms with Crippen LogP contribution in [0.25, 0.3) is 0 Å². The summed E-state index contributed by atoms with van der Waals surface area (Å²) >= 11 is 0. The van der Waals surface area contributed by atoms with Crippen molar-refractivity contribution >= 4 is 16.0 Å². The molecule has 0 aliphatic rings. The molecule has 0 bridgehead atoms. The van der Waals surface area contributed by atoms with Crippen molar-refractivity contribution in [3.63, 3.8) is 0 Å². The lowest BCUT2D eigenvalue weighted by atomic mass is 10.1. The normalized spacial score (nSPS) is 11.1. The third-order valence-electron chi connectivity index (χ3n) is 1.95. The minimum atomic E-state index is -3.70. The molecule has 0 atom stereocenters. The van der Waals surface area contributed by atoms with Crippen molar-refractivity contribution in [1.82, 2.24) is 0 Å². The molecule has 1 rings (SSSR count). The molecule has 0 spiro atoms. The maximum Gasteiger partial charge on any atom is 0.238 e. The average Bonchev–Trinajstić information content (AvgIpc) is 2.16. The van der Waals surface area contributed by atoms with Crippen LogP contribution < -0.4 is 16.6 Å².